The average molecular weight is 205 g/mol. The molecule has 0 aliphatic carbocycles. The molecule has 0 N–H and O–H groups in total. The van der Waals surface area contributed by atoms with E-state index in [4.69, 9.17) is 4.42 Å². The van der Waals surface area contributed by atoms with E-state index in [0.29, 0.717) is 23.9 Å². The molecule has 0 saturated heterocycles. The standard InChI is InChI=1S/C11H11NO3/c1-8-7-9-10(15-8)3-5-12(11(9)14)4-2-6-13/h3,5-7H,2,4H2,1H3. The lowest BCUT2D eigenvalue weighted by atomic mass is 10.3. The van der Waals surface area contributed by atoms with E-state index in [0.717, 1.165) is 12.0 Å². The number of carbonyl (C=O) groups is 1. The van der Waals surface area contributed by atoms with Crippen LogP contribution < -0.4 is 5.56 Å². The molecule has 0 radical (unpaired) electrons. The van der Waals surface area contributed by atoms with Crippen LogP contribution in [0.5, 0.6) is 0 Å². The minimum absolute atomic E-state index is 0.105. The van der Waals surface area contributed by atoms with Gasteiger partial charge in [-0.1, -0.05) is 0 Å². The maximum atomic E-state index is 11.8. The van der Waals surface area contributed by atoms with Crippen LogP contribution >= 0.6 is 0 Å². The molecule has 2 aromatic heterocycles. The first kappa shape index (κ1) is 9.71. The molecule has 0 amide bonds. The number of hydrogen-bond donors (Lipinski definition) is 0. The monoisotopic (exact) mass is 205 g/mol. The molecular weight excluding hydrogens is 194 g/mol. The normalized spacial score (nSPS) is 10.7. The topological polar surface area (TPSA) is 52.2 Å². The molecule has 0 bridgehead atoms. The van der Waals surface area contributed by atoms with Gasteiger partial charge in [-0.15, -0.1) is 0 Å². The van der Waals surface area contributed by atoms with Gasteiger partial charge in [0.05, 0.1) is 5.39 Å². The molecule has 4 nitrogen and oxygen atoms in total. The van der Waals surface area contributed by atoms with E-state index in [2.05, 4.69) is 0 Å². The van der Waals surface area contributed by atoms with Crippen LogP contribution in [0.3, 0.4) is 0 Å². The molecule has 15 heavy (non-hydrogen) atoms. The summed E-state index contributed by atoms with van der Waals surface area (Å²) in [4.78, 5) is 22.1. The van der Waals surface area contributed by atoms with Gasteiger partial charge in [0.2, 0.25) is 0 Å². The largest absolute Gasteiger partial charge is 0.461 e. The molecule has 0 spiro atoms. The highest BCUT2D eigenvalue weighted by Gasteiger charge is 2.06. The maximum Gasteiger partial charge on any atom is 0.261 e. The molecule has 0 saturated carbocycles. The molecule has 0 aliphatic heterocycles. The fraction of sp³-hybridized carbons (Fsp3) is 0.273. The molecule has 2 heterocycles. The Morgan fingerprint density at radius 2 is 2.33 bits per heavy atom. The van der Waals surface area contributed by atoms with E-state index in [-0.39, 0.29) is 5.56 Å². The summed E-state index contributed by atoms with van der Waals surface area (Å²) in [5.74, 6) is 0.718. The first-order valence-electron chi connectivity index (χ1n) is 4.75. The summed E-state index contributed by atoms with van der Waals surface area (Å²) >= 11 is 0. The molecule has 0 aliphatic rings. The molecular formula is C11H11NO3. The number of aldehydes is 1. The maximum absolute atomic E-state index is 11.8. The summed E-state index contributed by atoms with van der Waals surface area (Å²) < 4.78 is 6.84. The van der Waals surface area contributed by atoms with E-state index < -0.39 is 0 Å². The van der Waals surface area contributed by atoms with Gasteiger partial charge in [0.1, 0.15) is 17.6 Å². The van der Waals surface area contributed by atoms with Gasteiger partial charge in [-0.3, -0.25) is 4.79 Å². The Hall–Kier alpha value is -1.84. The van der Waals surface area contributed by atoms with E-state index in [1.165, 1.54) is 4.57 Å². The van der Waals surface area contributed by atoms with Crippen molar-refractivity contribution in [3.05, 3.63) is 34.4 Å². The number of carbonyl (C=O) groups excluding carboxylic acids is 1. The van der Waals surface area contributed by atoms with Crippen LogP contribution in [0.1, 0.15) is 12.2 Å². The highest BCUT2D eigenvalue weighted by atomic mass is 16.3. The van der Waals surface area contributed by atoms with Crippen molar-refractivity contribution in [2.24, 2.45) is 0 Å². The van der Waals surface area contributed by atoms with Crippen molar-refractivity contribution < 1.29 is 9.21 Å². The van der Waals surface area contributed by atoms with Crippen LogP contribution in [-0.2, 0) is 11.3 Å². The third-order valence-electron chi connectivity index (χ3n) is 2.27. The number of rotatable bonds is 3. The Morgan fingerprint density at radius 1 is 1.53 bits per heavy atom. The van der Waals surface area contributed by atoms with Gasteiger partial charge in [0.15, 0.2) is 0 Å². The average Bonchev–Trinajstić information content (AvgIpc) is 2.59. The smallest absolute Gasteiger partial charge is 0.261 e. The lowest BCUT2D eigenvalue weighted by Crippen LogP contribution is -2.19. The van der Waals surface area contributed by atoms with E-state index >= 15 is 0 Å². The Balaban J connectivity index is 2.54. The number of hydrogen-bond acceptors (Lipinski definition) is 3. The minimum atomic E-state index is -0.105. The van der Waals surface area contributed by atoms with Gasteiger partial charge in [-0.2, -0.15) is 0 Å². The van der Waals surface area contributed by atoms with Crippen LogP contribution in [0, 0.1) is 6.92 Å². The molecule has 2 rings (SSSR count). The van der Waals surface area contributed by atoms with Crippen molar-refractivity contribution in [2.75, 3.05) is 0 Å². The first-order chi connectivity index (χ1) is 7.22. The SMILES string of the molecule is Cc1cc2c(=O)n(CCC=O)ccc2o1. The molecule has 0 atom stereocenters. The summed E-state index contributed by atoms with van der Waals surface area (Å²) in [6.45, 7) is 2.22. The van der Waals surface area contributed by atoms with Gasteiger partial charge in [0, 0.05) is 19.2 Å². The summed E-state index contributed by atoms with van der Waals surface area (Å²) in [6.07, 6.45) is 2.80. The van der Waals surface area contributed by atoms with Crippen molar-refractivity contribution in [1.29, 1.82) is 0 Å². The molecule has 0 unspecified atom stereocenters. The van der Waals surface area contributed by atoms with Crippen molar-refractivity contribution in [1.82, 2.24) is 4.57 Å². The minimum Gasteiger partial charge on any atom is -0.461 e. The van der Waals surface area contributed by atoms with Crippen LogP contribution in [0.2, 0.25) is 0 Å². The Morgan fingerprint density at radius 3 is 3.07 bits per heavy atom. The van der Waals surface area contributed by atoms with Gasteiger partial charge in [0.25, 0.3) is 5.56 Å². The lowest BCUT2D eigenvalue weighted by molar-refractivity contribution is -0.108. The second kappa shape index (κ2) is 3.73. The highest BCUT2D eigenvalue weighted by Crippen LogP contribution is 2.14. The number of aryl methyl sites for hydroxylation is 2. The van der Waals surface area contributed by atoms with Crippen LogP contribution in [-0.4, -0.2) is 10.9 Å². The van der Waals surface area contributed by atoms with E-state index in [1.54, 1.807) is 25.3 Å². The number of nitrogens with zero attached hydrogens (tertiary/aromatic N) is 1. The third kappa shape index (κ3) is 1.70. The second-order valence-electron chi connectivity index (χ2n) is 3.40. The number of aromatic nitrogens is 1. The van der Waals surface area contributed by atoms with E-state index in [9.17, 15) is 9.59 Å². The van der Waals surface area contributed by atoms with Crippen LogP contribution in [0.25, 0.3) is 11.0 Å². The Kier molecular flexibility index (Phi) is 2.41. The van der Waals surface area contributed by atoms with Gasteiger partial charge in [-0.05, 0) is 19.1 Å². The Labute approximate surface area is 86.1 Å². The zero-order valence-electron chi connectivity index (χ0n) is 8.40. The fourth-order valence-corrected chi connectivity index (χ4v) is 1.57. The van der Waals surface area contributed by atoms with Crippen molar-refractivity contribution in [3.8, 4) is 0 Å². The highest BCUT2D eigenvalue weighted by molar-refractivity contribution is 5.76. The van der Waals surface area contributed by atoms with Gasteiger partial charge >= 0.3 is 0 Å². The summed E-state index contributed by atoms with van der Waals surface area (Å²) in [6, 6.07) is 3.46. The number of fused-ring (bicyclic) bond motifs is 1. The predicted molar refractivity (Wildman–Crippen MR) is 55.9 cm³/mol. The summed E-state index contributed by atoms with van der Waals surface area (Å²) in [7, 11) is 0. The Bertz CT molecular complexity index is 550. The zero-order valence-corrected chi connectivity index (χ0v) is 8.40. The summed E-state index contributed by atoms with van der Waals surface area (Å²) in [5, 5.41) is 0.570. The molecule has 0 fully saturated rings. The molecule has 4 heteroatoms. The predicted octanol–water partition coefficient (Wildman–Crippen LogP) is 1.49. The first-order valence-corrected chi connectivity index (χ1v) is 4.75. The van der Waals surface area contributed by atoms with Gasteiger partial charge < -0.3 is 13.8 Å². The van der Waals surface area contributed by atoms with Gasteiger partial charge in [-0.25, -0.2) is 0 Å². The molecule has 78 valence electrons. The van der Waals surface area contributed by atoms with Crippen molar-refractivity contribution in [3.63, 3.8) is 0 Å². The van der Waals surface area contributed by atoms with Crippen molar-refractivity contribution >= 4 is 17.3 Å². The number of pyridine rings is 1. The van der Waals surface area contributed by atoms with Crippen LogP contribution in [0.15, 0.2) is 27.5 Å². The molecule has 0 aromatic carbocycles. The third-order valence-corrected chi connectivity index (χ3v) is 2.27. The van der Waals surface area contributed by atoms with Crippen LogP contribution in [0.4, 0.5) is 0 Å². The van der Waals surface area contributed by atoms with Crippen molar-refractivity contribution in [2.45, 2.75) is 19.9 Å². The lowest BCUT2D eigenvalue weighted by Gasteiger charge is -2.01. The quantitative estimate of drug-likeness (QED) is 0.713. The second-order valence-corrected chi connectivity index (χ2v) is 3.40. The fourth-order valence-electron chi connectivity index (χ4n) is 1.57. The zero-order chi connectivity index (χ0) is 10.8. The van der Waals surface area contributed by atoms with E-state index in [1.807, 2.05) is 0 Å². The number of furan rings is 1. The summed E-state index contributed by atoms with van der Waals surface area (Å²) in [5.41, 5.74) is 0.492. The molecule has 2 aromatic rings.